The summed E-state index contributed by atoms with van der Waals surface area (Å²) in [7, 11) is 1.87. The van der Waals surface area contributed by atoms with Crippen LogP contribution in [0.3, 0.4) is 0 Å². The Kier molecular flexibility index (Phi) is 6.26. The Morgan fingerprint density at radius 2 is 2.14 bits per heavy atom. The Labute approximate surface area is 175 Å². The van der Waals surface area contributed by atoms with Gasteiger partial charge in [-0.05, 0) is 37.5 Å². The molecule has 1 amide bonds. The van der Waals surface area contributed by atoms with Gasteiger partial charge in [-0.15, -0.1) is 11.3 Å². The lowest BCUT2D eigenvalue weighted by atomic mass is 9.79. The van der Waals surface area contributed by atoms with Gasteiger partial charge in [-0.3, -0.25) is 4.79 Å². The quantitative estimate of drug-likeness (QED) is 0.720. The number of aryl methyl sites for hydroxylation is 1. The minimum Gasteiger partial charge on any atom is -0.370 e. The maximum Gasteiger partial charge on any atom is 0.228 e. The van der Waals surface area contributed by atoms with Crippen molar-refractivity contribution in [2.75, 3.05) is 25.0 Å². The van der Waals surface area contributed by atoms with Crippen molar-refractivity contribution in [3.8, 4) is 6.07 Å². The van der Waals surface area contributed by atoms with Gasteiger partial charge in [-0.25, -0.2) is 4.98 Å². The number of anilines is 1. The highest BCUT2D eigenvalue weighted by Crippen LogP contribution is 2.36. The highest BCUT2D eigenvalue weighted by atomic mass is 35.5. The van der Waals surface area contributed by atoms with E-state index in [-0.39, 0.29) is 11.3 Å². The van der Waals surface area contributed by atoms with E-state index >= 15 is 0 Å². The van der Waals surface area contributed by atoms with Crippen LogP contribution in [0.5, 0.6) is 0 Å². The molecule has 2 aromatic rings. The molecular weight excluding hydrogens is 392 g/mol. The summed E-state index contributed by atoms with van der Waals surface area (Å²) in [6.07, 6.45) is 4.31. The molecule has 0 saturated carbocycles. The molecule has 0 aliphatic carbocycles. The zero-order valence-corrected chi connectivity index (χ0v) is 18.1. The average Bonchev–Trinajstić information content (AvgIpc) is 3.15. The highest BCUT2D eigenvalue weighted by Gasteiger charge is 2.39. The molecule has 0 N–H and O–H groups in total. The molecule has 1 aliphatic rings. The number of nitriles is 1. The number of carbonyl (C=O) groups excluding carboxylic acids is 1. The van der Waals surface area contributed by atoms with Crippen molar-refractivity contribution >= 4 is 34.5 Å². The van der Waals surface area contributed by atoms with E-state index in [4.69, 9.17) is 11.6 Å². The number of halogens is 1. The van der Waals surface area contributed by atoms with Crippen LogP contribution in [0.25, 0.3) is 0 Å². The molecule has 2 heterocycles. The number of piperidine rings is 1. The Morgan fingerprint density at radius 1 is 1.43 bits per heavy atom. The van der Waals surface area contributed by atoms with Gasteiger partial charge in [0.05, 0.1) is 22.8 Å². The monoisotopic (exact) mass is 416 g/mol. The molecule has 148 valence electrons. The third kappa shape index (κ3) is 4.31. The number of thiazole rings is 1. The van der Waals surface area contributed by atoms with E-state index in [9.17, 15) is 10.1 Å². The number of carbonyl (C=O) groups is 1. The van der Waals surface area contributed by atoms with Crippen LogP contribution in [0.2, 0.25) is 5.02 Å². The van der Waals surface area contributed by atoms with E-state index in [1.165, 1.54) is 0 Å². The van der Waals surface area contributed by atoms with Crippen molar-refractivity contribution in [2.24, 2.45) is 5.41 Å². The fraction of sp³-hybridized carbons (Fsp3) is 0.476. The first-order valence-corrected chi connectivity index (χ1v) is 10.7. The van der Waals surface area contributed by atoms with Crippen LogP contribution in [0.1, 0.15) is 42.1 Å². The molecular formula is C21H25ClN4OS. The highest BCUT2D eigenvalue weighted by molar-refractivity contribution is 7.11. The molecule has 1 aliphatic heterocycles. The molecule has 1 saturated heterocycles. The molecule has 0 atom stereocenters. The first kappa shape index (κ1) is 20.6. The van der Waals surface area contributed by atoms with Gasteiger partial charge in [0.1, 0.15) is 6.07 Å². The molecule has 5 nitrogen and oxygen atoms in total. The maximum atomic E-state index is 13.1. The minimum atomic E-state index is -0.386. The lowest BCUT2D eigenvalue weighted by Gasteiger charge is -2.41. The largest absolute Gasteiger partial charge is 0.370 e. The van der Waals surface area contributed by atoms with Gasteiger partial charge in [-0.1, -0.05) is 25.4 Å². The van der Waals surface area contributed by atoms with E-state index in [1.807, 2.05) is 30.3 Å². The number of rotatable bonds is 5. The average molecular weight is 417 g/mol. The number of amides is 1. The molecule has 1 fully saturated rings. The van der Waals surface area contributed by atoms with Gasteiger partial charge < -0.3 is 9.80 Å². The van der Waals surface area contributed by atoms with Crippen molar-refractivity contribution in [1.82, 2.24) is 9.88 Å². The van der Waals surface area contributed by atoms with Crippen LogP contribution in [-0.4, -0.2) is 35.9 Å². The Hall–Kier alpha value is -2.10. The molecule has 3 rings (SSSR count). The van der Waals surface area contributed by atoms with Gasteiger partial charge >= 0.3 is 0 Å². The van der Waals surface area contributed by atoms with Gasteiger partial charge in [0.25, 0.3) is 0 Å². The third-order valence-corrected chi connectivity index (χ3v) is 6.81. The summed E-state index contributed by atoms with van der Waals surface area (Å²) in [6.45, 7) is 6.23. The van der Waals surface area contributed by atoms with Crippen LogP contribution < -0.4 is 4.90 Å². The number of hydrogen-bond donors (Lipinski definition) is 0. The SMILES string of the molecule is CCc1ncc(CN(C)C(=O)C2(C)CCN(c3ccc(Cl)cc3C#N)CC2)s1. The molecule has 0 bridgehead atoms. The molecule has 0 radical (unpaired) electrons. The van der Waals surface area contributed by atoms with Crippen molar-refractivity contribution in [1.29, 1.82) is 5.26 Å². The smallest absolute Gasteiger partial charge is 0.228 e. The first-order valence-electron chi connectivity index (χ1n) is 9.50. The molecule has 1 aromatic carbocycles. The standard InChI is InChI=1S/C21H25ClN4OS/c1-4-19-24-13-17(28-19)14-25(3)20(27)21(2)7-9-26(10-8-21)18-6-5-16(22)11-15(18)12-23/h5-6,11,13H,4,7-10,14H2,1-3H3. The second kappa shape index (κ2) is 8.50. The van der Waals surface area contributed by atoms with E-state index in [1.54, 1.807) is 17.4 Å². The Bertz CT molecular complexity index is 896. The lowest BCUT2D eigenvalue weighted by molar-refractivity contribution is -0.141. The predicted molar refractivity (Wildman–Crippen MR) is 114 cm³/mol. The first-order chi connectivity index (χ1) is 13.4. The van der Waals surface area contributed by atoms with Crippen LogP contribution in [-0.2, 0) is 17.8 Å². The summed E-state index contributed by atoms with van der Waals surface area (Å²) in [4.78, 5) is 22.6. The van der Waals surface area contributed by atoms with Crippen molar-refractivity contribution < 1.29 is 4.79 Å². The van der Waals surface area contributed by atoms with Crippen molar-refractivity contribution in [3.05, 3.63) is 44.9 Å². The topological polar surface area (TPSA) is 60.2 Å². The molecule has 7 heteroatoms. The summed E-state index contributed by atoms with van der Waals surface area (Å²) in [5.41, 5.74) is 1.09. The Balaban J connectivity index is 1.65. The normalized spacial score (nSPS) is 15.9. The van der Waals surface area contributed by atoms with Crippen LogP contribution >= 0.6 is 22.9 Å². The van der Waals surface area contributed by atoms with Crippen molar-refractivity contribution in [3.63, 3.8) is 0 Å². The zero-order chi connectivity index (χ0) is 20.3. The fourth-order valence-electron chi connectivity index (χ4n) is 3.68. The summed E-state index contributed by atoms with van der Waals surface area (Å²) in [6, 6.07) is 7.63. The minimum absolute atomic E-state index is 0.176. The summed E-state index contributed by atoms with van der Waals surface area (Å²) >= 11 is 7.68. The second-order valence-electron chi connectivity index (χ2n) is 7.56. The van der Waals surface area contributed by atoms with Gasteiger partial charge in [0, 0.05) is 41.6 Å². The molecule has 1 aromatic heterocycles. The number of aromatic nitrogens is 1. The van der Waals surface area contributed by atoms with Crippen LogP contribution in [0, 0.1) is 16.7 Å². The molecule has 0 spiro atoms. The summed E-state index contributed by atoms with van der Waals surface area (Å²) in [5.74, 6) is 0.176. The number of nitrogens with zero attached hydrogens (tertiary/aromatic N) is 4. The summed E-state index contributed by atoms with van der Waals surface area (Å²) < 4.78 is 0. The van der Waals surface area contributed by atoms with E-state index in [2.05, 4.69) is 29.8 Å². The van der Waals surface area contributed by atoms with Gasteiger partial charge in [0.2, 0.25) is 5.91 Å². The summed E-state index contributed by atoms with van der Waals surface area (Å²) in [5, 5.41) is 11.1. The fourth-order valence-corrected chi connectivity index (χ4v) is 4.77. The zero-order valence-electron chi connectivity index (χ0n) is 16.5. The lowest BCUT2D eigenvalue weighted by Crippen LogP contribution is -2.47. The Morgan fingerprint density at radius 3 is 2.75 bits per heavy atom. The maximum absolute atomic E-state index is 13.1. The van der Waals surface area contributed by atoms with Crippen molar-refractivity contribution in [2.45, 2.75) is 39.7 Å². The van der Waals surface area contributed by atoms with Crippen LogP contribution in [0.4, 0.5) is 5.69 Å². The number of benzene rings is 1. The van der Waals surface area contributed by atoms with Crippen LogP contribution in [0.15, 0.2) is 24.4 Å². The second-order valence-corrected chi connectivity index (χ2v) is 9.19. The van der Waals surface area contributed by atoms with Gasteiger partial charge in [-0.2, -0.15) is 5.26 Å². The predicted octanol–water partition coefficient (Wildman–Crippen LogP) is 4.50. The van der Waals surface area contributed by atoms with E-state index in [0.717, 1.165) is 47.9 Å². The molecule has 0 unspecified atom stereocenters. The third-order valence-electron chi connectivity index (χ3n) is 5.45. The molecule has 28 heavy (non-hydrogen) atoms. The van der Waals surface area contributed by atoms with Gasteiger partial charge in [0.15, 0.2) is 0 Å². The number of hydrogen-bond acceptors (Lipinski definition) is 5. The van der Waals surface area contributed by atoms with E-state index in [0.29, 0.717) is 17.1 Å². The van der Waals surface area contributed by atoms with E-state index < -0.39 is 0 Å².